The highest BCUT2D eigenvalue weighted by Crippen LogP contribution is 2.23. The monoisotopic (exact) mass is 429 g/mol. The van der Waals surface area contributed by atoms with E-state index in [9.17, 15) is 4.79 Å². The highest BCUT2D eigenvalue weighted by Gasteiger charge is 2.33. The van der Waals surface area contributed by atoms with Gasteiger partial charge in [-0.15, -0.1) is 0 Å². The van der Waals surface area contributed by atoms with Crippen molar-refractivity contribution in [3.63, 3.8) is 0 Å². The molecule has 1 aromatic heterocycles. The number of likely N-dealkylation sites (N-methyl/N-ethyl adjacent to an activating group) is 1. The molecule has 1 unspecified atom stereocenters. The lowest BCUT2D eigenvalue weighted by Gasteiger charge is -2.17. The number of ether oxygens (including phenoxy) is 4. The lowest BCUT2D eigenvalue weighted by Crippen LogP contribution is -2.29. The van der Waals surface area contributed by atoms with Crippen molar-refractivity contribution in [3.8, 4) is 11.8 Å². The van der Waals surface area contributed by atoms with Crippen LogP contribution < -0.4 is 14.8 Å². The first-order chi connectivity index (χ1) is 14.9. The van der Waals surface area contributed by atoms with Gasteiger partial charge in [0.2, 0.25) is 11.8 Å². The van der Waals surface area contributed by atoms with Crippen LogP contribution in [0.25, 0.3) is 0 Å². The molecule has 31 heavy (non-hydrogen) atoms. The Labute approximate surface area is 181 Å². The number of nitrogens with one attached hydrogen (secondary N) is 1. The van der Waals surface area contributed by atoms with Gasteiger partial charge in [0.1, 0.15) is 26.4 Å². The standard InChI is InChI=1S/C22H27N3O6/c1-22(2)30-14-16(31-22)13-29-19-11-7-10-18(24-19)28-12-15-8-5-6-9-17(15)20(25-27-4)21(26)23-3/h5-11,16H,12-14H2,1-4H3,(H,23,26)/b25-20+. The van der Waals surface area contributed by atoms with Gasteiger partial charge in [-0.05, 0) is 19.4 Å². The molecule has 1 saturated heterocycles. The molecule has 2 aromatic rings. The second-order valence-electron chi connectivity index (χ2n) is 7.22. The maximum absolute atomic E-state index is 12.2. The SMILES string of the molecule is CNC(=O)/C(=N/OC)c1ccccc1COc1cccc(OCC2COC(C)(C)O2)n1. The van der Waals surface area contributed by atoms with E-state index in [0.717, 1.165) is 5.56 Å². The van der Waals surface area contributed by atoms with E-state index in [1.807, 2.05) is 32.0 Å². The third-order valence-corrected chi connectivity index (χ3v) is 4.46. The number of oxime groups is 1. The van der Waals surface area contributed by atoms with E-state index >= 15 is 0 Å². The highest BCUT2D eigenvalue weighted by molar-refractivity contribution is 6.45. The fraction of sp³-hybridized carbons (Fsp3) is 0.409. The zero-order valence-corrected chi connectivity index (χ0v) is 18.1. The number of aromatic nitrogens is 1. The summed E-state index contributed by atoms with van der Waals surface area (Å²) in [5, 5.41) is 6.42. The number of pyridine rings is 1. The molecule has 9 heteroatoms. The average molecular weight is 429 g/mol. The minimum absolute atomic E-state index is 0.156. The molecular formula is C22H27N3O6. The van der Waals surface area contributed by atoms with Gasteiger partial charge in [-0.25, -0.2) is 0 Å². The van der Waals surface area contributed by atoms with Crippen molar-refractivity contribution in [3.05, 3.63) is 53.6 Å². The van der Waals surface area contributed by atoms with E-state index < -0.39 is 5.79 Å². The van der Waals surface area contributed by atoms with Gasteiger partial charge in [0.05, 0.1) is 6.61 Å². The summed E-state index contributed by atoms with van der Waals surface area (Å²) >= 11 is 0. The largest absolute Gasteiger partial charge is 0.475 e. The minimum Gasteiger partial charge on any atom is -0.475 e. The molecule has 1 fully saturated rings. The molecule has 166 valence electrons. The van der Waals surface area contributed by atoms with Crippen LogP contribution >= 0.6 is 0 Å². The number of amides is 1. The zero-order valence-electron chi connectivity index (χ0n) is 18.1. The fourth-order valence-electron chi connectivity index (χ4n) is 3.03. The summed E-state index contributed by atoms with van der Waals surface area (Å²) in [6.07, 6.45) is -0.156. The third-order valence-electron chi connectivity index (χ3n) is 4.46. The van der Waals surface area contributed by atoms with Crippen LogP contribution in [-0.4, -0.2) is 55.9 Å². The molecule has 3 rings (SSSR count). The molecule has 1 N–H and O–H groups in total. The molecule has 0 aliphatic carbocycles. The predicted molar refractivity (Wildman–Crippen MR) is 113 cm³/mol. The molecule has 1 aromatic carbocycles. The van der Waals surface area contributed by atoms with Crippen LogP contribution in [0.5, 0.6) is 11.8 Å². The van der Waals surface area contributed by atoms with Crippen LogP contribution in [0.1, 0.15) is 25.0 Å². The summed E-state index contributed by atoms with van der Waals surface area (Å²) in [4.78, 5) is 21.4. The maximum Gasteiger partial charge on any atom is 0.273 e. The number of carbonyl (C=O) groups is 1. The smallest absolute Gasteiger partial charge is 0.273 e. The topological polar surface area (TPSA) is 101 Å². The number of benzene rings is 1. The summed E-state index contributed by atoms with van der Waals surface area (Å²) in [5.74, 6) is -0.143. The molecule has 9 nitrogen and oxygen atoms in total. The first kappa shape index (κ1) is 22.5. The Morgan fingerprint density at radius 1 is 1.19 bits per heavy atom. The first-order valence-corrected chi connectivity index (χ1v) is 9.88. The Balaban J connectivity index is 1.65. The Morgan fingerprint density at radius 3 is 2.61 bits per heavy atom. The average Bonchev–Trinajstić information content (AvgIpc) is 3.13. The summed E-state index contributed by atoms with van der Waals surface area (Å²) in [5.41, 5.74) is 1.53. The van der Waals surface area contributed by atoms with Gasteiger partial charge >= 0.3 is 0 Å². The van der Waals surface area contributed by atoms with Crippen LogP contribution in [0, 0.1) is 0 Å². The molecular weight excluding hydrogens is 402 g/mol. The summed E-state index contributed by atoms with van der Waals surface area (Å²) < 4.78 is 22.8. The second-order valence-corrected chi connectivity index (χ2v) is 7.22. The number of rotatable bonds is 9. The van der Waals surface area contributed by atoms with Crippen molar-refractivity contribution in [2.45, 2.75) is 32.3 Å². The van der Waals surface area contributed by atoms with E-state index in [4.69, 9.17) is 23.8 Å². The van der Waals surface area contributed by atoms with Crippen molar-refractivity contribution in [1.82, 2.24) is 10.3 Å². The third kappa shape index (κ3) is 6.16. The van der Waals surface area contributed by atoms with Crippen LogP contribution in [0.15, 0.2) is 47.6 Å². The van der Waals surface area contributed by atoms with Crippen molar-refractivity contribution < 1.29 is 28.6 Å². The van der Waals surface area contributed by atoms with Crippen LogP contribution in [0.3, 0.4) is 0 Å². The van der Waals surface area contributed by atoms with Crippen molar-refractivity contribution in [2.75, 3.05) is 27.4 Å². The first-order valence-electron chi connectivity index (χ1n) is 9.88. The van der Waals surface area contributed by atoms with Gasteiger partial charge in [0.15, 0.2) is 11.5 Å². The lowest BCUT2D eigenvalue weighted by molar-refractivity contribution is -0.141. The molecule has 2 heterocycles. The van der Waals surface area contributed by atoms with Crippen molar-refractivity contribution in [1.29, 1.82) is 0 Å². The fourth-order valence-corrected chi connectivity index (χ4v) is 3.03. The van der Waals surface area contributed by atoms with E-state index in [0.29, 0.717) is 30.5 Å². The summed E-state index contributed by atoms with van der Waals surface area (Å²) in [7, 11) is 2.92. The Morgan fingerprint density at radius 2 is 1.94 bits per heavy atom. The normalized spacial score (nSPS) is 17.8. The second kappa shape index (κ2) is 10.2. The number of hydrogen-bond acceptors (Lipinski definition) is 8. The molecule has 0 bridgehead atoms. The molecule has 0 radical (unpaired) electrons. The molecule has 1 aliphatic rings. The summed E-state index contributed by atoms with van der Waals surface area (Å²) in [6, 6.07) is 12.6. The summed E-state index contributed by atoms with van der Waals surface area (Å²) in [6.45, 7) is 4.71. The predicted octanol–water partition coefficient (Wildman–Crippen LogP) is 2.29. The van der Waals surface area contributed by atoms with Gasteiger partial charge in [-0.2, -0.15) is 4.98 Å². The molecule has 1 aliphatic heterocycles. The lowest BCUT2D eigenvalue weighted by atomic mass is 10.0. The maximum atomic E-state index is 12.2. The molecule has 1 atom stereocenters. The molecule has 0 saturated carbocycles. The van der Waals surface area contributed by atoms with Gasteiger partial charge in [0, 0.05) is 24.7 Å². The Hall–Kier alpha value is -3.17. The number of nitrogens with zero attached hydrogens (tertiary/aromatic N) is 2. The van der Waals surface area contributed by atoms with Gasteiger partial charge in [0.25, 0.3) is 5.91 Å². The van der Waals surface area contributed by atoms with Gasteiger partial charge < -0.3 is 29.1 Å². The van der Waals surface area contributed by atoms with Crippen LogP contribution in [0.4, 0.5) is 0 Å². The van der Waals surface area contributed by atoms with Gasteiger partial charge in [-0.1, -0.05) is 35.5 Å². The number of carbonyl (C=O) groups excluding carboxylic acids is 1. The Bertz CT molecular complexity index is 931. The van der Waals surface area contributed by atoms with Crippen LogP contribution in [0.2, 0.25) is 0 Å². The minimum atomic E-state index is -0.598. The van der Waals surface area contributed by atoms with E-state index in [1.54, 1.807) is 24.3 Å². The van der Waals surface area contributed by atoms with Gasteiger partial charge in [-0.3, -0.25) is 4.79 Å². The Kier molecular flexibility index (Phi) is 7.43. The highest BCUT2D eigenvalue weighted by atomic mass is 16.7. The number of hydrogen-bond donors (Lipinski definition) is 1. The van der Waals surface area contributed by atoms with E-state index in [-0.39, 0.29) is 24.3 Å². The van der Waals surface area contributed by atoms with Crippen molar-refractivity contribution in [2.24, 2.45) is 5.16 Å². The van der Waals surface area contributed by atoms with Crippen molar-refractivity contribution >= 4 is 11.6 Å². The van der Waals surface area contributed by atoms with E-state index in [2.05, 4.69) is 15.5 Å². The molecule has 0 spiro atoms. The zero-order chi connectivity index (χ0) is 22.3. The van der Waals surface area contributed by atoms with Crippen LogP contribution in [-0.2, 0) is 25.7 Å². The quantitative estimate of drug-likeness (QED) is 0.482. The molecule has 1 amide bonds. The van der Waals surface area contributed by atoms with E-state index in [1.165, 1.54) is 14.2 Å².